The van der Waals surface area contributed by atoms with Gasteiger partial charge in [0.1, 0.15) is 30.8 Å². The van der Waals surface area contributed by atoms with Crippen molar-refractivity contribution in [1.82, 2.24) is 4.90 Å². The van der Waals surface area contributed by atoms with Gasteiger partial charge < -0.3 is 34.2 Å². The summed E-state index contributed by atoms with van der Waals surface area (Å²) in [4.78, 5) is 34.9. The lowest BCUT2D eigenvalue weighted by Crippen LogP contribution is -2.70. The number of oxime groups is 1. The number of amides is 1. The molecule has 386 valence electrons. The second kappa shape index (κ2) is 27.3. The third-order valence-electron chi connectivity index (χ3n) is 15.0. The number of aliphatic hydroxyl groups is 2. The van der Waals surface area contributed by atoms with Crippen LogP contribution in [-0.4, -0.2) is 69.9 Å². The lowest BCUT2D eigenvalue weighted by molar-refractivity contribution is -0.384. The second-order valence-corrected chi connectivity index (χ2v) is 19.8. The number of hydrogen-bond acceptors (Lipinski definition) is 10. The normalized spacial score (nSPS) is 21.5. The Balaban J connectivity index is 1.40. The monoisotopic (exact) mass is 984 g/mol. The third-order valence-corrected chi connectivity index (χ3v) is 15.0. The SMILES string of the molecule is C=CCOc1ccc2c(c1)[C@H]1[C@H](CCCCO)[C@@H](CCCCO)C=C3C(=NOCc4ccc([N+](=O)[O-])cc4)C[C@H](N(Cc4cccc5ccccc45)C(=O)CCCCCCCCCCC)[C@@](OCC=C)(O2)[C@H]31. The van der Waals surface area contributed by atoms with Gasteiger partial charge in [0.2, 0.25) is 11.7 Å². The second-order valence-electron chi connectivity index (χ2n) is 19.8. The van der Waals surface area contributed by atoms with Crippen molar-refractivity contribution >= 4 is 28.1 Å². The number of allylic oxidation sites excluding steroid dienone is 1. The molecule has 2 aliphatic carbocycles. The van der Waals surface area contributed by atoms with Gasteiger partial charge in [-0.1, -0.05) is 144 Å². The largest absolute Gasteiger partial charge is 0.490 e. The van der Waals surface area contributed by atoms with E-state index < -0.39 is 22.7 Å². The van der Waals surface area contributed by atoms with E-state index >= 15 is 4.79 Å². The first-order valence-electron chi connectivity index (χ1n) is 26.7. The van der Waals surface area contributed by atoms with Gasteiger partial charge in [0, 0.05) is 56.2 Å². The van der Waals surface area contributed by atoms with Crippen molar-refractivity contribution in [3.63, 3.8) is 0 Å². The van der Waals surface area contributed by atoms with E-state index in [4.69, 9.17) is 24.2 Å². The molecule has 0 radical (unpaired) electrons. The predicted octanol–water partition coefficient (Wildman–Crippen LogP) is 13.1. The summed E-state index contributed by atoms with van der Waals surface area (Å²) in [6.07, 6.45) is 21.1. The van der Waals surface area contributed by atoms with Crippen LogP contribution in [0.5, 0.6) is 11.5 Å². The molecule has 4 aromatic rings. The molecular weight excluding hydrogens is 907 g/mol. The molecule has 1 fully saturated rings. The van der Waals surface area contributed by atoms with Crippen LogP contribution in [0.15, 0.2) is 127 Å². The van der Waals surface area contributed by atoms with Crippen LogP contribution >= 0.6 is 0 Å². The van der Waals surface area contributed by atoms with E-state index in [-0.39, 0.29) is 62.2 Å². The maximum Gasteiger partial charge on any atom is 0.269 e. The molecule has 12 nitrogen and oxygen atoms in total. The highest BCUT2D eigenvalue weighted by Crippen LogP contribution is 2.62. The van der Waals surface area contributed by atoms with Crippen LogP contribution in [0.4, 0.5) is 5.69 Å². The van der Waals surface area contributed by atoms with Gasteiger partial charge in [-0.2, -0.15) is 0 Å². The lowest BCUT2D eigenvalue weighted by atomic mass is 9.55. The number of aliphatic hydroxyl groups excluding tert-OH is 2. The zero-order valence-corrected chi connectivity index (χ0v) is 42.5. The van der Waals surface area contributed by atoms with Crippen molar-refractivity contribution in [2.75, 3.05) is 26.4 Å². The van der Waals surface area contributed by atoms with E-state index in [1.807, 2.05) is 29.2 Å². The highest BCUT2D eigenvalue weighted by molar-refractivity contribution is 6.03. The van der Waals surface area contributed by atoms with Crippen LogP contribution in [-0.2, 0) is 27.5 Å². The van der Waals surface area contributed by atoms with Gasteiger partial charge in [0.15, 0.2) is 0 Å². The first kappa shape index (κ1) is 54.0. The molecule has 0 aromatic heterocycles. The summed E-state index contributed by atoms with van der Waals surface area (Å²) in [6, 6.07) is 26.1. The Bertz CT molecular complexity index is 2460. The smallest absolute Gasteiger partial charge is 0.269 e. The number of nitro groups is 1. The number of non-ortho nitro benzene ring substituents is 1. The molecular formula is C60H77N3O9. The number of unbranched alkanes of at least 4 members (excludes halogenated alkanes) is 10. The molecule has 0 bridgehead atoms. The minimum atomic E-state index is -1.43. The molecule has 12 heteroatoms. The molecule has 3 aliphatic rings. The topological polar surface area (TPSA) is 153 Å². The van der Waals surface area contributed by atoms with Gasteiger partial charge in [-0.3, -0.25) is 14.9 Å². The highest BCUT2D eigenvalue weighted by Gasteiger charge is 2.65. The first-order valence-corrected chi connectivity index (χ1v) is 26.7. The van der Waals surface area contributed by atoms with Crippen molar-refractivity contribution in [3.05, 3.63) is 149 Å². The number of rotatable bonds is 31. The molecule has 0 spiro atoms. The average molecular weight is 984 g/mol. The number of carbonyl (C=O) groups excluding carboxylic acids is 1. The van der Waals surface area contributed by atoms with E-state index in [1.165, 1.54) is 44.2 Å². The number of benzene rings is 4. The molecule has 0 unspecified atom stereocenters. The number of carbonyl (C=O) groups is 1. The number of nitrogens with zero attached hydrogens (tertiary/aromatic N) is 3. The Labute approximate surface area is 426 Å². The molecule has 4 aromatic carbocycles. The quantitative estimate of drug-likeness (QED) is 0.0217. The third kappa shape index (κ3) is 13.2. The Hall–Kier alpha value is -5.82. The summed E-state index contributed by atoms with van der Waals surface area (Å²) in [5.74, 6) is -0.718. The Morgan fingerprint density at radius 1 is 0.861 bits per heavy atom. The molecule has 2 N–H and O–H groups in total. The molecule has 0 saturated heterocycles. The first-order chi connectivity index (χ1) is 35.3. The fraction of sp³-hybridized carbons (Fsp3) is 0.500. The van der Waals surface area contributed by atoms with Crippen molar-refractivity contribution in [3.8, 4) is 11.5 Å². The summed E-state index contributed by atoms with van der Waals surface area (Å²) in [5, 5.41) is 38.8. The van der Waals surface area contributed by atoms with E-state index in [1.54, 1.807) is 24.3 Å². The van der Waals surface area contributed by atoms with Gasteiger partial charge in [-0.25, -0.2) is 0 Å². The fourth-order valence-corrected chi connectivity index (χ4v) is 11.5. The van der Waals surface area contributed by atoms with Crippen LogP contribution in [0.1, 0.15) is 139 Å². The Morgan fingerprint density at radius 3 is 2.29 bits per heavy atom. The zero-order chi connectivity index (χ0) is 50.7. The molecule has 6 atom stereocenters. The molecule has 1 aliphatic heterocycles. The van der Waals surface area contributed by atoms with E-state index in [0.717, 1.165) is 84.4 Å². The van der Waals surface area contributed by atoms with Crippen LogP contribution < -0.4 is 9.47 Å². The number of hydrogen-bond donors (Lipinski definition) is 2. The molecule has 1 saturated carbocycles. The molecule has 1 heterocycles. The summed E-state index contributed by atoms with van der Waals surface area (Å²) >= 11 is 0. The van der Waals surface area contributed by atoms with Crippen LogP contribution in [0.2, 0.25) is 0 Å². The van der Waals surface area contributed by atoms with Gasteiger partial charge in [-0.15, -0.1) is 6.58 Å². The fourth-order valence-electron chi connectivity index (χ4n) is 11.5. The van der Waals surface area contributed by atoms with Gasteiger partial charge in [0.25, 0.3) is 5.69 Å². The molecule has 1 amide bonds. The zero-order valence-electron chi connectivity index (χ0n) is 42.5. The number of fused-ring (bicyclic) bond motifs is 3. The van der Waals surface area contributed by atoms with Crippen LogP contribution in [0, 0.1) is 27.9 Å². The minimum Gasteiger partial charge on any atom is -0.490 e. The van der Waals surface area contributed by atoms with Crippen molar-refractivity contribution in [2.45, 2.75) is 147 Å². The van der Waals surface area contributed by atoms with E-state index in [0.29, 0.717) is 49.6 Å². The Kier molecular flexibility index (Phi) is 20.5. The predicted molar refractivity (Wildman–Crippen MR) is 285 cm³/mol. The van der Waals surface area contributed by atoms with Gasteiger partial charge >= 0.3 is 0 Å². The maximum absolute atomic E-state index is 15.5. The minimum absolute atomic E-state index is 0.00680. The molecule has 72 heavy (non-hydrogen) atoms. The van der Waals surface area contributed by atoms with Gasteiger partial charge in [-0.05, 0) is 102 Å². The summed E-state index contributed by atoms with van der Waals surface area (Å²) in [6.45, 7) is 11.3. The molecule has 7 rings (SSSR count). The number of nitro benzene ring substituents is 1. The van der Waals surface area contributed by atoms with Crippen molar-refractivity contribution in [2.24, 2.45) is 22.9 Å². The maximum atomic E-state index is 15.5. The van der Waals surface area contributed by atoms with Gasteiger partial charge in [0.05, 0.1) is 23.2 Å². The van der Waals surface area contributed by atoms with Crippen LogP contribution in [0.25, 0.3) is 10.8 Å². The van der Waals surface area contributed by atoms with Crippen molar-refractivity contribution < 1.29 is 39.0 Å². The number of ether oxygens (including phenoxy) is 3. The standard InChI is InChI=1S/C60H77N3O9/c1-4-7-8-9-10-11-12-13-14-28-57(66)62(42-47-25-21-24-45-22-15-16-26-50(45)47)56-41-54(61-71-43-44-29-31-48(32-30-44)63(67)68)52-39-46(23-17-19-35-64)51(27-18-20-36-65)58-53-40-49(69-37-5-2)33-34-55(53)72-60(56,59(52)58)70-38-6-3/h5-6,15-16,21-22,24-26,29-34,39-40,46,51,56,58-59,64-65H,2-4,7-14,17-20,23,27-28,35-38,41-43H2,1H3/t46-,51+,56-,58+,59+,60+/m0/s1. The van der Waals surface area contributed by atoms with E-state index in [2.05, 4.69) is 62.6 Å². The Morgan fingerprint density at radius 2 is 1.57 bits per heavy atom. The summed E-state index contributed by atoms with van der Waals surface area (Å²) in [5.41, 5.74) is 4.30. The van der Waals surface area contributed by atoms with Crippen molar-refractivity contribution in [1.29, 1.82) is 0 Å². The summed E-state index contributed by atoms with van der Waals surface area (Å²) < 4.78 is 21.1. The van der Waals surface area contributed by atoms with Crippen LogP contribution in [0.3, 0.4) is 0 Å². The highest BCUT2D eigenvalue weighted by atomic mass is 16.7. The lowest BCUT2D eigenvalue weighted by Gasteiger charge is -2.60. The van der Waals surface area contributed by atoms with E-state index in [9.17, 15) is 20.3 Å². The summed E-state index contributed by atoms with van der Waals surface area (Å²) in [7, 11) is 0. The average Bonchev–Trinajstić information content (AvgIpc) is 3.39.